The predicted octanol–water partition coefficient (Wildman–Crippen LogP) is 1.58. The van der Waals surface area contributed by atoms with Gasteiger partial charge in [0.1, 0.15) is 11.6 Å². The Morgan fingerprint density at radius 3 is 2.94 bits per heavy atom. The molecule has 0 aliphatic carbocycles. The van der Waals surface area contributed by atoms with E-state index in [1.165, 1.54) is 0 Å². The van der Waals surface area contributed by atoms with Gasteiger partial charge < -0.3 is 29.4 Å². The second-order valence-electron chi connectivity index (χ2n) is 8.06. The lowest BCUT2D eigenvalue weighted by atomic mass is 10.0. The third kappa shape index (κ3) is 3.91. The zero-order valence-corrected chi connectivity index (χ0v) is 18.7. The summed E-state index contributed by atoms with van der Waals surface area (Å²) >= 11 is 0. The van der Waals surface area contributed by atoms with Crippen molar-refractivity contribution in [3.8, 4) is 5.75 Å². The minimum absolute atomic E-state index is 0.0567. The molecule has 0 bridgehead atoms. The summed E-state index contributed by atoms with van der Waals surface area (Å²) in [5.74, 6) is -0.810. The molecular weight excluding hydrogens is 440 g/mol. The van der Waals surface area contributed by atoms with Gasteiger partial charge in [0.25, 0.3) is 5.91 Å². The highest BCUT2D eigenvalue weighted by Crippen LogP contribution is 2.36. The van der Waals surface area contributed by atoms with Crippen LogP contribution in [0.3, 0.4) is 0 Å². The molecule has 2 aromatic carbocycles. The van der Waals surface area contributed by atoms with Crippen LogP contribution in [0, 0.1) is 0 Å². The number of nitrogens with zero attached hydrogens (tertiary/aromatic N) is 2. The van der Waals surface area contributed by atoms with E-state index in [1.807, 2.05) is 13.0 Å². The highest BCUT2D eigenvalue weighted by atomic mass is 16.5. The van der Waals surface area contributed by atoms with Crippen molar-refractivity contribution in [2.45, 2.75) is 12.7 Å². The molecule has 11 nitrogen and oxygen atoms in total. The molecule has 3 aromatic rings. The molecule has 176 valence electrons. The number of rotatable bonds is 5. The summed E-state index contributed by atoms with van der Waals surface area (Å²) in [4.78, 5) is 32.7. The number of oxazole rings is 1. The van der Waals surface area contributed by atoms with Gasteiger partial charge in [0.15, 0.2) is 12.2 Å². The van der Waals surface area contributed by atoms with Crippen LogP contribution in [0.15, 0.2) is 62.4 Å². The van der Waals surface area contributed by atoms with E-state index in [4.69, 9.17) is 24.6 Å². The smallest absolute Gasteiger partial charge is 0.417 e. The van der Waals surface area contributed by atoms with Crippen LogP contribution in [0.5, 0.6) is 5.75 Å². The molecule has 2 aliphatic rings. The number of hydrogen-bond acceptors (Lipinski definition) is 9. The van der Waals surface area contributed by atoms with Gasteiger partial charge in [-0.1, -0.05) is 6.07 Å². The lowest BCUT2D eigenvalue weighted by Gasteiger charge is -2.34. The number of carbonyl (C=O) groups excluding carboxylic acids is 1. The van der Waals surface area contributed by atoms with Crippen LogP contribution in [-0.4, -0.2) is 43.6 Å². The number of H-pyrrole nitrogens is 1. The number of methoxy groups -OCH3 is 1. The quantitative estimate of drug-likeness (QED) is 0.445. The molecule has 0 saturated heterocycles. The number of benzene rings is 2. The number of hydrogen-bond donors (Lipinski definition) is 4. The number of amidine groups is 1. The third-order valence-electron chi connectivity index (χ3n) is 5.71. The van der Waals surface area contributed by atoms with Gasteiger partial charge in [-0.25, -0.2) is 9.79 Å². The SMILES string of the molecule is COCCN1C(=O)COc2cc(C3(N)N=C(Nc4ccc5oc(=O)[nH]c5c4)C(C)=CN3)ccc21. The Kier molecular flexibility index (Phi) is 5.34. The van der Waals surface area contributed by atoms with Crippen LogP contribution in [0.1, 0.15) is 12.5 Å². The molecule has 1 unspecified atom stereocenters. The topological polar surface area (TPSA) is 147 Å². The van der Waals surface area contributed by atoms with E-state index in [-0.39, 0.29) is 12.5 Å². The predicted molar refractivity (Wildman–Crippen MR) is 127 cm³/mol. The van der Waals surface area contributed by atoms with Crippen molar-refractivity contribution >= 4 is 34.2 Å². The molecule has 1 atom stereocenters. The number of aromatic amines is 1. The average Bonchev–Trinajstić information content (AvgIpc) is 3.20. The molecule has 3 heterocycles. The van der Waals surface area contributed by atoms with E-state index in [1.54, 1.807) is 48.5 Å². The second-order valence-corrected chi connectivity index (χ2v) is 8.06. The van der Waals surface area contributed by atoms with Gasteiger partial charge in [0, 0.05) is 36.7 Å². The number of ether oxygens (including phenoxy) is 2. The minimum atomic E-state index is -1.27. The highest BCUT2D eigenvalue weighted by Gasteiger charge is 2.33. The van der Waals surface area contributed by atoms with Crippen LogP contribution >= 0.6 is 0 Å². The number of fused-ring (bicyclic) bond motifs is 2. The fraction of sp³-hybridized carbons (Fsp3) is 0.261. The number of anilines is 2. The maximum Gasteiger partial charge on any atom is 0.417 e. The van der Waals surface area contributed by atoms with E-state index in [2.05, 4.69) is 15.6 Å². The normalized spacial score (nSPS) is 19.7. The van der Waals surface area contributed by atoms with Crippen LogP contribution < -0.4 is 31.8 Å². The summed E-state index contributed by atoms with van der Waals surface area (Å²) in [7, 11) is 1.59. The summed E-state index contributed by atoms with van der Waals surface area (Å²) in [5.41, 5.74) is 10.6. The van der Waals surface area contributed by atoms with Crippen molar-refractivity contribution in [1.82, 2.24) is 10.3 Å². The molecule has 1 aromatic heterocycles. The largest absolute Gasteiger partial charge is 0.482 e. The van der Waals surface area contributed by atoms with Crippen molar-refractivity contribution in [2.24, 2.45) is 10.7 Å². The van der Waals surface area contributed by atoms with Crippen molar-refractivity contribution in [1.29, 1.82) is 0 Å². The molecule has 1 amide bonds. The van der Waals surface area contributed by atoms with Gasteiger partial charge in [-0.05, 0) is 37.3 Å². The number of aromatic nitrogens is 1. The van der Waals surface area contributed by atoms with E-state index in [9.17, 15) is 9.59 Å². The fourth-order valence-corrected chi connectivity index (χ4v) is 3.89. The van der Waals surface area contributed by atoms with Gasteiger partial charge in [0.2, 0.25) is 5.79 Å². The first-order valence-corrected chi connectivity index (χ1v) is 10.7. The van der Waals surface area contributed by atoms with Crippen LogP contribution in [-0.2, 0) is 15.3 Å². The Morgan fingerprint density at radius 1 is 1.26 bits per heavy atom. The summed E-state index contributed by atoms with van der Waals surface area (Å²) < 4.78 is 15.8. The molecule has 0 spiro atoms. The monoisotopic (exact) mass is 464 g/mol. The molecule has 11 heteroatoms. The van der Waals surface area contributed by atoms with Crippen molar-refractivity contribution in [3.05, 3.63) is 64.3 Å². The first-order chi connectivity index (χ1) is 16.4. The van der Waals surface area contributed by atoms with Gasteiger partial charge in [0.05, 0.1) is 17.8 Å². The second kappa shape index (κ2) is 8.36. The molecule has 0 radical (unpaired) electrons. The Balaban J connectivity index is 1.45. The summed E-state index contributed by atoms with van der Waals surface area (Å²) in [5, 5.41) is 6.40. The molecule has 0 fully saturated rings. The van der Waals surface area contributed by atoms with Gasteiger partial charge in [-0.3, -0.25) is 15.5 Å². The Hall–Kier alpha value is -4.09. The van der Waals surface area contributed by atoms with Crippen LogP contribution in [0.2, 0.25) is 0 Å². The standard InChI is InChI=1S/C23H24N6O5/c1-13-11-25-23(24,28-21(13)26-15-4-6-18-16(10-15)27-22(31)34-18)14-3-5-17-19(9-14)33-12-20(30)29(17)7-8-32-2/h3-6,9-11,25H,7-8,12,24H2,1-2H3,(H,26,28)(H,27,31). The molecule has 5 rings (SSSR count). The number of nitrogens with two attached hydrogens (primary N) is 1. The highest BCUT2D eigenvalue weighted by molar-refractivity contribution is 6.08. The molecular formula is C23H24N6O5. The first-order valence-electron chi connectivity index (χ1n) is 10.7. The number of aliphatic imine (C=N–C) groups is 1. The van der Waals surface area contributed by atoms with Crippen LogP contribution in [0.25, 0.3) is 11.1 Å². The number of carbonyl (C=O) groups is 1. The third-order valence-corrected chi connectivity index (χ3v) is 5.71. The zero-order valence-electron chi connectivity index (χ0n) is 18.7. The summed E-state index contributed by atoms with van der Waals surface area (Å²) in [6.07, 6.45) is 1.78. The molecule has 0 saturated carbocycles. The van der Waals surface area contributed by atoms with E-state index >= 15 is 0 Å². The minimum Gasteiger partial charge on any atom is -0.482 e. The van der Waals surface area contributed by atoms with Crippen LogP contribution in [0.4, 0.5) is 11.4 Å². The van der Waals surface area contributed by atoms with Gasteiger partial charge in [-0.2, -0.15) is 0 Å². The van der Waals surface area contributed by atoms with Gasteiger partial charge >= 0.3 is 5.76 Å². The molecule has 34 heavy (non-hydrogen) atoms. The van der Waals surface area contributed by atoms with E-state index in [0.717, 1.165) is 5.57 Å². The maximum atomic E-state index is 12.3. The van der Waals surface area contributed by atoms with Crippen molar-refractivity contribution in [2.75, 3.05) is 37.1 Å². The maximum absolute atomic E-state index is 12.3. The Morgan fingerprint density at radius 2 is 2.12 bits per heavy atom. The van der Waals surface area contributed by atoms with Crippen molar-refractivity contribution in [3.63, 3.8) is 0 Å². The fourth-order valence-electron chi connectivity index (χ4n) is 3.89. The average molecular weight is 464 g/mol. The number of amides is 1. The Labute approximate surface area is 194 Å². The Bertz CT molecular complexity index is 1390. The lowest BCUT2D eigenvalue weighted by molar-refractivity contribution is -0.121. The van der Waals surface area contributed by atoms with Crippen molar-refractivity contribution < 1.29 is 18.7 Å². The molecule has 5 N–H and O–H groups in total. The van der Waals surface area contributed by atoms with E-state index < -0.39 is 11.5 Å². The summed E-state index contributed by atoms with van der Waals surface area (Å²) in [6.45, 7) is 2.68. The van der Waals surface area contributed by atoms with Gasteiger partial charge in [-0.15, -0.1) is 0 Å². The number of nitrogens with one attached hydrogen (secondary N) is 3. The van der Waals surface area contributed by atoms with E-state index in [0.29, 0.717) is 52.8 Å². The molecule has 2 aliphatic heterocycles. The first kappa shape index (κ1) is 21.7. The summed E-state index contributed by atoms with van der Waals surface area (Å²) in [6, 6.07) is 10.6. The lowest BCUT2D eigenvalue weighted by Crippen LogP contribution is -2.50. The zero-order chi connectivity index (χ0) is 23.9.